The third-order valence-electron chi connectivity index (χ3n) is 3.48. The van der Waals surface area contributed by atoms with Crippen LogP contribution in [0.5, 0.6) is 11.5 Å². The molecule has 2 aromatic carbocycles. The Kier molecular flexibility index (Phi) is 7.79. The molecule has 0 unspecified atom stereocenters. The zero-order chi connectivity index (χ0) is 20.5. The highest BCUT2D eigenvalue weighted by molar-refractivity contribution is 7.80. The summed E-state index contributed by atoms with van der Waals surface area (Å²) in [6, 6.07) is 11.8. The van der Waals surface area contributed by atoms with Gasteiger partial charge in [0.1, 0.15) is 0 Å². The number of hydrazine groups is 1. The smallest absolute Gasteiger partial charge is 0.271 e. The number of ether oxygens (including phenoxy) is 2. The van der Waals surface area contributed by atoms with Crippen LogP contribution in [0.15, 0.2) is 48.5 Å². The number of nitrogens with one attached hydrogen (secondary N) is 3. The predicted molar refractivity (Wildman–Crippen MR) is 111 cm³/mol. The van der Waals surface area contributed by atoms with Gasteiger partial charge in [0.25, 0.3) is 5.91 Å². The van der Waals surface area contributed by atoms with E-state index in [9.17, 15) is 9.59 Å². The molecule has 2 rings (SSSR count). The quantitative estimate of drug-likeness (QED) is 0.392. The average molecular weight is 420 g/mol. The number of carbonyl (C=O) groups is 2. The molecular formula is C19H18ClN3O4S. The minimum Gasteiger partial charge on any atom is -0.493 e. The Morgan fingerprint density at radius 3 is 2.43 bits per heavy atom. The van der Waals surface area contributed by atoms with Crippen LogP contribution in [0.4, 0.5) is 0 Å². The van der Waals surface area contributed by atoms with Crippen LogP contribution in [0.3, 0.4) is 0 Å². The molecule has 28 heavy (non-hydrogen) atoms. The second-order valence-corrected chi connectivity index (χ2v) is 6.14. The van der Waals surface area contributed by atoms with Crippen molar-refractivity contribution in [3.63, 3.8) is 0 Å². The zero-order valence-electron chi connectivity index (χ0n) is 15.1. The van der Waals surface area contributed by atoms with Crippen molar-refractivity contribution in [1.29, 1.82) is 0 Å². The number of methoxy groups -OCH3 is 2. The number of amides is 2. The molecule has 0 saturated heterocycles. The molecule has 3 N–H and O–H groups in total. The van der Waals surface area contributed by atoms with Crippen LogP contribution < -0.4 is 25.6 Å². The Morgan fingerprint density at radius 1 is 1.04 bits per heavy atom. The third kappa shape index (κ3) is 5.97. The number of benzene rings is 2. The van der Waals surface area contributed by atoms with Gasteiger partial charge >= 0.3 is 0 Å². The van der Waals surface area contributed by atoms with Gasteiger partial charge in [-0.05, 0) is 48.1 Å². The van der Waals surface area contributed by atoms with Crippen molar-refractivity contribution in [2.24, 2.45) is 0 Å². The topological polar surface area (TPSA) is 88.7 Å². The fourth-order valence-corrected chi connectivity index (χ4v) is 2.51. The summed E-state index contributed by atoms with van der Waals surface area (Å²) in [5.41, 5.74) is 5.82. The van der Waals surface area contributed by atoms with E-state index in [-0.39, 0.29) is 10.7 Å². The molecule has 0 atom stereocenters. The largest absolute Gasteiger partial charge is 0.493 e. The lowest BCUT2D eigenvalue weighted by atomic mass is 10.2. The molecule has 9 heteroatoms. The maximum atomic E-state index is 12.0. The fourth-order valence-electron chi connectivity index (χ4n) is 2.14. The van der Waals surface area contributed by atoms with Gasteiger partial charge in [0.15, 0.2) is 16.6 Å². The van der Waals surface area contributed by atoms with E-state index in [1.54, 1.807) is 55.7 Å². The summed E-state index contributed by atoms with van der Waals surface area (Å²) in [6.07, 6.45) is 2.88. The van der Waals surface area contributed by atoms with E-state index in [1.165, 1.54) is 13.2 Å². The van der Waals surface area contributed by atoms with Crippen molar-refractivity contribution < 1.29 is 19.1 Å². The van der Waals surface area contributed by atoms with Crippen molar-refractivity contribution in [2.45, 2.75) is 0 Å². The van der Waals surface area contributed by atoms with Crippen LogP contribution in [0, 0.1) is 0 Å². The first-order valence-corrected chi connectivity index (χ1v) is 8.79. The Hall–Kier alpha value is -3.10. The van der Waals surface area contributed by atoms with E-state index in [0.717, 1.165) is 5.56 Å². The molecule has 7 nitrogen and oxygen atoms in total. The first-order valence-electron chi connectivity index (χ1n) is 8.00. The second kappa shape index (κ2) is 10.3. The van der Waals surface area contributed by atoms with E-state index < -0.39 is 11.8 Å². The molecule has 2 aromatic rings. The van der Waals surface area contributed by atoms with Crippen LogP contribution >= 0.6 is 23.8 Å². The zero-order valence-corrected chi connectivity index (χ0v) is 16.7. The molecule has 146 valence electrons. The number of hydrogen-bond acceptors (Lipinski definition) is 5. The molecule has 0 aromatic heterocycles. The normalized spacial score (nSPS) is 10.2. The minimum atomic E-state index is -0.483. The van der Waals surface area contributed by atoms with Crippen molar-refractivity contribution in [3.05, 3.63) is 64.7 Å². The fraction of sp³-hybridized carbons (Fsp3) is 0.105. The molecule has 0 fully saturated rings. The van der Waals surface area contributed by atoms with Crippen LogP contribution in [-0.4, -0.2) is 31.1 Å². The lowest BCUT2D eigenvalue weighted by Crippen LogP contribution is -2.48. The highest BCUT2D eigenvalue weighted by Crippen LogP contribution is 2.27. The van der Waals surface area contributed by atoms with Gasteiger partial charge in [0.05, 0.1) is 24.8 Å². The van der Waals surface area contributed by atoms with E-state index in [1.807, 2.05) is 0 Å². The minimum absolute atomic E-state index is 0.0673. The van der Waals surface area contributed by atoms with Crippen molar-refractivity contribution in [1.82, 2.24) is 16.2 Å². The molecule has 0 aliphatic carbocycles. The lowest BCUT2D eigenvalue weighted by molar-refractivity contribution is -0.115. The van der Waals surface area contributed by atoms with Gasteiger partial charge in [-0.2, -0.15) is 0 Å². The Morgan fingerprint density at radius 2 is 1.75 bits per heavy atom. The summed E-state index contributed by atoms with van der Waals surface area (Å²) >= 11 is 10.9. The number of rotatable bonds is 5. The first kappa shape index (κ1) is 21.2. The Balaban J connectivity index is 1.87. The van der Waals surface area contributed by atoms with Crippen LogP contribution in [0.1, 0.15) is 15.9 Å². The molecule has 0 aliphatic heterocycles. The van der Waals surface area contributed by atoms with Crippen molar-refractivity contribution in [3.8, 4) is 11.5 Å². The summed E-state index contributed by atoms with van der Waals surface area (Å²) in [4.78, 5) is 24.0. The summed E-state index contributed by atoms with van der Waals surface area (Å²) in [7, 11) is 3.07. The lowest BCUT2D eigenvalue weighted by Gasteiger charge is -2.10. The highest BCUT2D eigenvalue weighted by atomic mass is 35.5. The average Bonchev–Trinajstić information content (AvgIpc) is 2.70. The second-order valence-electron chi connectivity index (χ2n) is 5.33. The van der Waals surface area contributed by atoms with E-state index in [0.29, 0.717) is 16.5 Å². The molecule has 0 heterocycles. The summed E-state index contributed by atoms with van der Waals surface area (Å²) in [6.45, 7) is 0. The SMILES string of the molecule is COc1ccc(C=CC(=O)NC(=S)NNC(=O)c2ccccc2Cl)cc1OC. The summed E-state index contributed by atoms with van der Waals surface area (Å²) in [5, 5.41) is 2.65. The molecular weight excluding hydrogens is 402 g/mol. The van der Waals surface area contributed by atoms with Gasteiger partial charge in [0, 0.05) is 6.08 Å². The van der Waals surface area contributed by atoms with Gasteiger partial charge in [-0.25, -0.2) is 0 Å². The third-order valence-corrected chi connectivity index (χ3v) is 4.01. The van der Waals surface area contributed by atoms with Gasteiger partial charge < -0.3 is 9.47 Å². The Bertz CT molecular complexity index is 918. The van der Waals surface area contributed by atoms with E-state index in [2.05, 4.69) is 16.2 Å². The number of thiocarbonyl (C=S) groups is 1. The van der Waals surface area contributed by atoms with Crippen LogP contribution in [0.25, 0.3) is 6.08 Å². The maximum absolute atomic E-state index is 12.0. The molecule has 0 bridgehead atoms. The predicted octanol–water partition coefficient (Wildman–Crippen LogP) is 2.71. The monoisotopic (exact) mass is 419 g/mol. The molecule has 0 saturated carbocycles. The highest BCUT2D eigenvalue weighted by Gasteiger charge is 2.10. The number of hydrogen-bond donors (Lipinski definition) is 3. The van der Waals surface area contributed by atoms with Gasteiger partial charge in [0.2, 0.25) is 5.91 Å². The number of halogens is 1. The van der Waals surface area contributed by atoms with Gasteiger partial charge in [-0.1, -0.05) is 29.8 Å². The van der Waals surface area contributed by atoms with E-state index >= 15 is 0 Å². The summed E-state index contributed by atoms with van der Waals surface area (Å²) in [5.74, 6) is 0.176. The standard InChI is InChI=1S/C19H18ClN3O4S/c1-26-15-9-7-12(11-16(15)27-2)8-10-17(24)21-19(28)23-22-18(25)13-5-3-4-6-14(13)20/h3-11H,1-2H3,(H,22,25)(H2,21,23,24,28). The number of carbonyl (C=O) groups excluding carboxylic acids is 2. The van der Waals surface area contributed by atoms with Crippen LogP contribution in [0.2, 0.25) is 5.02 Å². The molecule has 0 radical (unpaired) electrons. The van der Waals surface area contributed by atoms with Gasteiger partial charge in [-0.3, -0.25) is 25.8 Å². The maximum Gasteiger partial charge on any atom is 0.271 e. The van der Waals surface area contributed by atoms with Gasteiger partial charge in [-0.15, -0.1) is 0 Å². The molecule has 0 aliphatic rings. The Labute approximate surface area is 172 Å². The van der Waals surface area contributed by atoms with E-state index in [4.69, 9.17) is 33.3 Å². The first-order chi connectivity index (χ1) is 13.4. The summed E-state index contributed by atoms with van der Waals surface area (Å²) < 4.78 is 10.4. The van der Waals surface area contributed by atoms with Crippen molar-refractivity contribution >= 4 is 46.8 Å². The molecule has 0 spiro atoms. The van der Waals surface area contributed by atoms with Crippen LogP contribution in [-0.2, 0) is 4.79 Å². The molecule has 2 amide bonds. The van der Waals surface area contributed by atoms with Crippen molar-refractivity contribution in [2.75, 3.05) is 14.2 Å².